The number of benzene rings is 1. The quantitative estimate of drug-likeness (QED) is 0.688. The molecule has 1 aliphatic rings. The van der Waals surface area contributed by atoms with Crippen LogP contribution in [0.1, 0.15) is 12.0 Å². The fourth-order valence-electron chi connectivity index (χ4n) is 2.32. The molecule has 2 amide bonds. The van der Waals surface area contributed by atoms with Gasteiger partial charge in [0.05, 0.1) is 0 Å². The Bertz CT molecular complexity index is 495. The van der Waals surface area contributed by atoms with Crippen LogP contribution >= 0.6 is 0 Å². The zero-order valence-electron chi connectivity index (χ0n) is 12.3. The summed E-state index contributed by atoms with van der Waals surface area (Å²) in [5.74, 6) is 0. The zero-order chi connectivity index (χ0) is 15.8. The highest BCUT2D eigenvalue weighted by Gasteiger charge is 2.24. The van der Waals surface area contributed by atoms with Gasteiger partial charge in [0, 0.05) is 32.2 Å². The lowest BCUT2D eigenvalue weighted by atomic mass is 10.2. The molecule has 120 valence electrons. The van der Waals surface area contributed by atoms with Crippen LogP contribution < -0.4 is 10.6 Å². The number of nitrogens with one attached hydrogen (secondary N) is 2. The number of alkyl carbamates (subject to hydrolysis) is 1. The van der Waals surface area contributed by atoms with Gasteiger partial charge in [-0.1, -0.05) is 30.3 Å². The predicted octanol–water partition coefficient (Wildman–Crippen LogP) is 1.25. The second-order valence-corrected chi connectivity index (χ2v) is 5.16. The number of hydrogen-bond acceptors (Lipinski definition) is 4. The first kappa shape index (κ1) is 16.1. The standard InChI is InChI=1S/C15H21N3O4/c19-14(22-11-12-4-2-1-3-5-12)17-8-7-16-13-6-9-18(10-13)15(20)21/h1-5,13,16H,6-11H2,(H,17,19)(H,20,21). The van der Waals surface area contributed by atoms with Crippen molar-refractivity contribution in [2.24, 2.45) is 0 Å². The van der Waals surface area contributed by atoms with Gasteiger partial charge >= 0.3 is 12.2 Å². The van der Waals surface area contributed by atoms with Crippen molar-refractivity contribution in [2.75, 3.05) is 26.2 Å². The topological polar surface area (TPSA) is 90.9 Å². The summed E-state index contributed by atoms with van der Waals surface area (Å²) in [4.78, 5) is 23.7. The third-order valence-corrected chi connectivity index (χ3v) is 3.50. The summed E-state index contributed by atoms with van der Waals surface area (Å²) < 4.78 is 5.08. The molecule has 0 aliphatic carbocycles. The number of carbonyl (C=O) groups is 2. The molecule has 1 aliphatic heterocycles. The second-order valence-electron chi connectivity index (χ2n) is 5.16. The predicted molar refractivity (Wildman–Crippen MR) is 80.6 cm³/mol. The maximum atomic E-state index is 11.5. The first-order valence-electron chi connectivity index (χ1n) is 7.31. The van der Waals surface area contributed by atoms with E-state index >= 15 is 0 Å². The third-order valence-electron chi connectivity index (χ3n) is 3.50. The van der Waals surface area contributed by atoms with Gasteiger partial charge in [0.1, 0.15) is 6.61 Å². The van der Waals surface area contributed by atoms with Crippen LogP contribution in [0.4, 0.5) is 9.59 Å². The molecular weight excluding hydrogens is 286 g/mol. The number of carboxylic acid groups (broad SMARTS) is 1. The molecule has 1 fully saturated rings. The lowest BCUT2D eigenvalue weighted by Gasteiger charge is -2.14. The van der Waals surface area contributed by atoms with Crippen LogP contribution in [-0.2, 0) is 11.3 Å². The molecule has 7 nitrogen and oxygen atoms in total. The Morgan fingerprint density at radius 2 is 2.05 bits per heavy atom. The Hall–Kier alpha value is -2.28. The van der Waals surface area contributed by atoms with Crippen molar-refractivity contribution in [2.45, 2.75) is 19.1 Å². The summed E-state index contributed by atoms with van der Waals surface area (Å²) >= 11 is 0. The van der Waals surface area contributed by atoms with Gasteiger partial charge in [-0.25, -0.2) is 9.59 Å². The lowest BCUT2D eigenvalue weighted by Crippen LogP contribution is -2.39. The monoisotopic (exact) mass is 307 g/mol. The molecule has 22 heavy (non-hydrogen) atoms. The van der Waals surface area contributed by atoms with Crippen molar-refractivity contribution in [3.63, 3.8) is 0 Å². The van der Waals surface area contributed by atoms with E-state index in [1.54, 1.807) is 0 Å². The minimum Gasteiger partial charge on any atom is -0.465 e. The number of rotatable bonds is 6. The van der Waals surface area contributed by atoms with Gasteiger partial charge in [0.25, 0.3) is 0 Å². The highest BCUT2D eigenvalue weighted by atomic mass is 16.5. The molecular formula is C15H21N3O4. The Balaban J connectivity index is 1.53. The van der Waals surface area contributed by atoms with Crippen molar-refractivity contribution in [3.05, 3.63) is 35.9 Å². The van der Waals surface area contributed by atoms with Crippen molar-refractivity contribution >= 4 is 12.2 Å². The van der Waals surface area contributed by atoms with Gasteiger partial charge in [-0.05, 0) is 12.0 Å². The molecule has 1 saturated heterocycles. The molecule has 7 heteroatoms. The molecule has 0 bridgehead atoms. The van der Waals surface area contributed by atoms with Crippen molar-refractivity contribution < 1.29 is 19.4 Å². The molecule has 3 N–H and O–H groups in total. The molecule has 1 atom stereocenters. The number of ether oxygens (including phenoxy) is 1. The summed E-state index contributed by atoms with van der Waals surface area (Å²) in [5, 5.41) is 14.7. The van der Waals surface area contributed by atoms with E-state index in [4.69, 9.17) is 9.84 Å². The van der Waals surface area contributed by atoms with Gasteiger partial charge in [-0.15, -0.1) is 0 Å². The maximum Gasteiger partial charge on any atom is 0.407 e. The number of nitrogens with zero attached hydrogens (tertiary/aromatic N) is 1. The van der Waals surface area contributed by atoms with E-state index in [1.165, 1.54) is 4.90 Å². The number of carbonyl (C=O) groups excluding carboxylic acids is 1. The summed E-state index contributed by atoms with van der Waals surface area (Å²) in [6.07, 6.45) is -0.541. The average molecular weight is 307 g/mol. The van der Waals surface area contributed by atoms with Crippen molar-refractivity contribution in [1.29, 1.82) is 0 Å². The molecule has 0 saturated carbocycles. The SMILES string of the molecule is O=C(NCCNC1CCN(C(=O)O)C1)OCc1ccccc1. The first-order valence-corrected chi connectivity index (χ1v) is 7.31. The van der Waals surface area contributed by atoms with Crippen LogP contribution in [0.2, 0.25) is 0 Å². The van der Waals surface area contributed by atoms with Crippen LogP contribution in [0.15, 0.2) is 30.3 Å². The Morgan fingerprint density at radius 1 is 1.27 bits per heavy atom. The van der Waals surface area contributed by atoms with E-state index in [1.807, 2.05) is 30.3 Å². The molecule has 2 rings (SSSR count). The molecule has 1 aromatic carbocycles. The zero-order valence-corrected chi connectivity index (χ0v) is 12.3. The number of hydrogen-bond donors (Lipinski definition) is 3. The minimum absolute atomic E-state index is 0.151. The van der Waals surface area contributed by atoms with Crippen LogP contribution in [0.3, 0.4) is 0 Å². The van der Waals surface area contributed by atoms with Crippen LogP contribution in [0.5, 0.6) is 0 Å². The van der Waals surface area contributed by atoms with Crippen molar-refractivity contribution in [3.8, 4) is 0 Å². The van der Waals surface area contributed by atoms with Crippen LogP contribution in [0.25, 0.3) is 0 Å². The summed E-state index contributed by atoms with van der Waals surface area (Å²) in [5.41, 5.74) is 0.940. The van der Waals surface area contributed by atoms with Gasteiger partial charge in [-0.3, -0.25) is 0 Å². The Kier molecular flexibility index (Phi) is 6.02. The molecule has 1 aromatic rings. The van der Waals surface area contributed by atoms with E-state index in [0.29, 0.717) is 26.2 Å². The van der Waals surface area contributed by atoms with Crippen LogP contribution in [0, 0.1) is 0 Å². The van der Waals surface area contributed by atoms with E-state index in [2.05, 4.69) is 10.6 Å². The molecule has 1 unspecified atom stereocenters. The van der Waals surface area contributed by atoms with E-state index in [-0.39, 0.29) is 12.6 Å². The highest BCUT2D eigenvalue weighted by molar-refractivity contribution is 5.67. The number of likely N-dealkylation sites (tertiary alicyclic amines) is 1. The summed E-state index contributed by atoms with van der Waals surface area (Å²) in [7, 11) is 0. The second kappa shape index (κ2) is 8.23. The third kappa shape index (κ3) is 5.25. The molecule has 1 heterocycles. The summed E-state index contributed by atoms with van der Waals surface area (Å²) in [6, 6.07) is 9.62. The van der Waals surface area contributed by atoms with Gasteiger partial charge in [0.2, 0.25) is 0 Å². The Morgan fingerprint density at radius 3 is 2.73 bits per heavy atom. The molecule has 0 aromatic heterocycles. The summed E-state index contributed by atoms with van der Waals surface area (Å²) in [6.45, 7) is 2.32. The fraction of sp³-hybridized carbons (Fsp3) is 0.467. The Labute approximate surface area is 129 Å². The smallest absolute Gasteiger partial charge is 0.407 e. The average Bonchev–Trinajstić information content (AvgIpc) is 3.00. The van der Waals surface area contributed by atoms with Gasteiger partial charge < -0.3 is 25.4 Å². The fourth-order valence-corrected chi connectivity index (χ4v) is 2.32. The van der Waals surface area contributed by atoms with E-state index in [9.17, 15) is 9.59 Å². The molecule has 0 radical (unpaired) electrons. The normalized spacial score (nSPS) is 17.3. The van der Waals surface area contributed by atoms with Gasteiger partial charge in [0.15, 0.2) is 0 Å². The number of amides is 2. The van der Waals surface area contributed by atoms with Gasteiger partial charge in [-0.2, -0.15) is 0 Å². The lowest BCUT2D eigenvalue weighted by molar-refractivity contribution is 0.139. The van der Waals surface area contributed by atoms with E-state index < -0.39 is 12.2 Å². The van der Waals surface area contributed by atoms with Crippen LogP contribution in [-0.4, -0.2) is 54.4 Å². The molecule has 0 spiro atoms. The van der Waals surface area contributed by atoms with Crippen molar-refractivity contribution in [1.82, 2.24) is 15.5 Å². The van der Waals surface area contributed by atoms with E-state index in [0.717, 1.165) is 12.0 Å². The minimum atomic E-state index is -0.882. The largest absolute Gasteiger partial charge is 0.465 e. The maximum absolute atomic E-state index is 11.5. The highest BCUT2D eigenvalue weighted by Crippen LogP contribution is 2.08. The first-order chi connectivity index (χ1) is 10.6.